The number of aliphatic hydroxyl groups is 2. The molecule has 1 atom stereocenters. The molecule has 0 aromatic heterocycles. The number of rotatable bonds is 4. The van der Waals surface area contributed by atoms with Gasteiger partial charge in [0.05, 0.1) is 6.61 Å². The first kappa shape index (κ1) is 13.7. The summed E-state index contributed by atoms with van der Waals surface area (Å²) in [5, 5.41) is 21.0. The van der Waals surface area contributed by atoms with E-state index in [-0.39, 0.29) is 19.1 Å². The Balaban J connectivity index is 2.68. The molecule has 0 saturated carbocycles. The van der Waals surface area contributed by atoms with E-state index in [2.05, 4.69) is 5.32 Å². The molecule has 1 unspecified atom stereocenters. The van der Waals surface area contributed by atoms with Gasteiger partial charge in [-0.25, -0.2) is 0 Å². The smallest absolute Gasteiger partial charge is 0.251 e. The van der Waals surface area contributed by atoms with Crippen molar-refractivity contribution in [3.05, 3.63) is 34.9 Å². The number of hydrogen-bond acceptors (Lipinski definition) is 3. The predicted octanol–water partition coefficient (Wildman–Crippen LogP) is 0.777. The second kappa shape index (κ2) is 5.29. The van der Waals surface area contributed by atoms with E-state index in [1.807, 2.05) is 19.9 Å². The predicted molar refractivity (Wildman–Crippen MR) is 66.0 cm³/mol. The SMILES string of the molecule is Cc1ccc(C(=O)NCC(C)(O)CO)cc1C. The number of aliphatic hydroxyl groups excluding tert-OH is 1. The van der Waals surface area contributed by atoms with Gasteiger partial charge in [0.15, 0.2) is 0 Å². The van der Waals surface area contributed by atoms with Gasteiger partial charge < -0.3 is 15.5 Å². The molecule has 0 bridgehead atoms. The van der Waals surface area contributed by atoms with Crippen LogP contribution in [-0.4, -0.2) is 34.9 Å². The number of carbonyl (C=O) groups is 1. The maximum atomic E-state index is 11.8. The molecule has 0 spiro atoms. The van der Waals surface area contributed by atoms with Crippen molar-refractivity contribution in [2.24, 2.45) is 0 Å². The van der Waals surface area contributed by atoms with Crippen molar-refractivity contribution in [2.45, 2.75) is 26.4 Å². The zero-order valence-electron chi connectivity index (χ0n) is 10.4. The molecular formula is C13H19NO3. The molecule has 1 aromatic carbocycles. The van der Waals surface area contributed by atoms with Gasteiger partial charge in [-0.2, -0.15) is 0 Å². The van der Waals surface area contributed by atoms with E-state index in [0.29, 0.717) is 5.56 Å². The number of amides is 1. The van der Waals surface area contributed by atoms with Crippen LogP contribution in [0.2, 0.25) is 0 Å². The first-order valence-corrected chi connectivity index (χ1v) is 5.54. The molecule has 0 saturated heterocycles. The normalized spacial score (nSPS) is 14.2. The number of carbonyl (C=O) groups excluding carboxylic acids is 1. The lowest BCUT2D eigenvalue weighted by molar-refractivity contribution is 0.00320. The van der Waals surface area contributed by atoms with Crippen LogP contribution in [0.1, 0.15) is 28.4 Å². The van der Waals surface area contributed by atoms with Crippen LogP contribution < -0.4 is 5.32 Å². The van der Waals surface area contributed by atoms with Gasteiger partial charge in [-0.05, 0) is 44.0 Å². The fraction of sp³-hybridized carbons (Fsp3) is 0.462. The van der Waals surface area contributed by atoms with Crippen LogP contribution in [0.5, 0.6) is 0 Å². The third-order valence-electron chi connectivity index (χ3n) is 2.74. The molecule has 17 heavy (non-hydrogen) atoms. The lowest BCUT2D eigenvalue weighted by atomic mass is 10.1. The zero-order valence-corrected chi connectivity index (χ0v) is 10.4. The van der Waals surface area contributed by atoms with E-state index in [1.165, 1.54) is 6.92 Å². The van der Waals surface area contributed by atoms with Crippen LogP contribution in [0.25, 0.3) is 0 Å². The van der Waals surface area contributed by atoms with Crippen molar-refractivity contribution in [2.75, 3.05) is 13.2 Å². The molecule has 0 heterocycles. The van der Waals surface area contributed by atoms with Crippen molar-refractivity contribution >= 4 is 5.91 Å². The summed E-state index contributed by atoms with van der Waals surface area (Å²) in [6.45, 7) is 5.02. The molecule has 3 N–H and O–H groups in total. The Morgan fingerprint density at radius 1 is 1.35 bits per heavy atom. The summed E-state index contributed by atoms with van der Waals surface area (Å²) >= 11 is 0. The summed E-state index contributed by atoms with van der Waals surface area (Å²) in [7, 11) is 0. The van der Waals surface area contributed by atoms with Crippen molar-refractivity contribution in [1.29, 1.82) is 0 Å². The van der Waals surface area contributed by atoms with Crippen LogP contribution in [0.4, 0.5) is 0 Å². The Hall–Kier alpha value is -1.39. The highest BCUT2D eigenvalue weighted by atomic mass is 16.3. The van der Waals surface area contributed by atoms with Crippen molar-refractivity contribution in [3.8, 4) is 0 Å². The van der Waals surface area contributed by atoms with Gasteiger partial charge in [0, 0.05) is 12.1 Å². The van der Waals surface area contributed by atoms with Crippen LogP contribution in [0, 0.1) is 13.8 Å². The fourth-order valence-corrected chi connectivity index (χ4v) is 1.31. The summed E-state index contributed by atoms with van der Waals surface area (Å²) < 4.78 is 0. The summed E-state index contributed by atoms with van der Waals surface area (Å²) in [4.78, 5) is 11.8. The Morgan fingerprint density at radius 3 is 2.53 bits per heavy atom. The number of nitrogens with one attached hydrogen (secondary N) is 1. The monoisotopic (exact) mass is 237 g/mol. The van der Waals surface area contributed by atoms with Crippen molar-refractivity contribution in [3.63, 3.8) is 0 Å². The molecule has 0 aliphatic rings. The van der Waals surface area contributed by atoms with Crippen LogP contribution >= 0.6 is 0 Å². The van der Waals surface area contributed by atoms with E-state index in [9.17, 15) is 9.90 Å². The molecule has 1 rings (SSSR count). The number of benzene rings is 1. The minimum Gasteiger partial charge on any atom is -0.393 e. The summed E-state index contributed by atoms with van der Waals surface area (Å²) in [6, 6.07) is 5.43. The third-order valence-corrected chi connectivity index (χ3v) is 2.74. The van der Waals surface area contributed by atoms with Crippen LogP contribution in [-0.2, 0) is 0 Å². The van der Waals surface area contributed by atoms with Gasteiger partial charge in [0.2, 0.25) is 0 Å². The summed E-state index contributed by atoms with van der Waals surface area (Å²) in [5.74, 6) is -0.248. The Labute approximate surface area is 101 Å². The minimum absolute atomic E-state index is 0.0231. The van der Waals surface area contributed by atoms with Gasteiger partial charge in [-0.3, -0.25) is 4.79 Å². The molecular weight excluding hydrogens is 218 g/mol. The topological polar surface area (TPSA) is 69.6 Å². The van der Waals surface area contributed by atoms with E-state index in [1.54, 1.807) is 12.1 Å². The van der Waals surface area contributed by atoms with Crippen LogP contribution in [0.15, 0.2) is 18.2 Å². The molecule has 0 fully saturated rings. The molecule has 4 heteroatoms. The van der Waals surface area contributed by atoms with E-state index in [4.69, 9.17) is 5.11 Å². The molecule has 1 amide bonds. The Bertz CT molecular complexity index is 413. The number of aryl methyl sites for hydroxylation is 2. The summed E-state index contributed by atoms with van der Waals surface area (Å²) in [5.41, 5.74) is 1.45. The lowest BCUT2D eigenvalue weighted by Gasteiger charge is -2.20. The molecule has 4 nitrogen and oxygen atoms in total. The van der Waals surface area contributed by atoms with Gasteiger partial charge in [0.25, 0.3) is 5.91 Å². The van der Waals surface area contributed by atoms with Crippen molar-refractivity contribution < 1.29 is 15.0 Å². The largest absolute Gasteiger partial charge is 0.393 e. The highest BCUT2D eigenvalue weighted by Crippen LogP contribution is 2.10. The van der Waals surface area contributed by atoms with Gasteiger partial charge in [0.1, 0.15) is 5.60 Å². The highest BCUT2D eigenvalue weighted by Gasteiger charge is 2.20. The first-order valence-electron chi connectivity index (χ1n) is 5.54. The average Bonchev–Trinajstić information content (AvgIpc) is 2.30. The first-order chi connectivity index (χ1) is 7.85. The quantitative estimate of drug-likeness (QED) is 0.724. The standard InChI is InChI=1S/C13H19NO3/c1-9-4-5-11(6-10(9)2)12(16)14-7-13(3,17)8-15/h4-6,15,17H,7-8H2,1-3H3,(H,14,16). The Kier molecular flexibility index (Phi) is 4.26. The molecule has 0 aliphatic carbocycles. The van der Waals surface area contributed by atoms with Gasteiger partial charge in [-0.1, -0.05) is 6.07 Å². The van der Waals surface area contributed by atoms with E-state index >= 15 is 0 Å². The number of hydrogen-bond donors (Lipinski definition) is 3. The molecule has 0 radical (unpaired) electrons. The lowest BCUT2D eigenvalue weighted by Crippen LogP contribution is -2.43. The maximum absolute atomic E-state index is 11.8. The molecule has 1 aromatic rings. The summed E-state index contributed by atoms with van der Waals surface area (Å²) in [6.07, 6.45) is 0. The second-order valence-electron chi connectivity index (χ2n) is 4.64. The minimum atomic E-state index is -1.28. The van der Waals surface area contributed by atoms with Crippen LogP contribution in [0.3, 0.4) is 0 Å². The van der Waals surface area contributed by atoms with Gasteiger partial charge >= 0.3 is 0 Å². The zero-order chi connectivity index (χ0) is 13.1. The van der Waals surface area contributed by atoms with Crippen molar-refractivity contribution in [1.82, 2.24) is 5.32 Å². The Morgan fingerprint density at radius 2 is 2.00 bits per heavy atom. The van der Waals surface area contributed by atoms with E-state index < -0.39 is 5.60 Å². The molecule has 94 valence electrons. The molecule has 0 aliphatic heterocycles. The highest BCUT2D eigenvalue weighted by molar-refractivity contribution is 5.94. The fourth-order valence-electron chi connectivity index (χ4n) is 1.31. The van der Waals surface area contributed by atoms with Gasteiger partial charge in [-0.15, -0.1) is 0 Å². The maximum Gasteiger partial charge on any atom is 0.251 e. The third kappa shape index (κ3) is 3.84. The average molecular weight is 237 g/mol. The van der Waals surface area contributed by atoms with E-state index in [0.717, 1.165) is 11.1 Å². The second-order valence-corrected chi connectivity index (χ2v) is 4.64.